The Morgan fingerprint density at radius 1 is 1.20 bits per heavy atom. The lowest BCUT2D eigenvalue weighted by atomic mass is 10.0. The minimum absolute atomic E-state index is 0.793. The SMILES string of the molecule is CNc1nc2ccccc2cc1CN1CC(C)C(C)C1. The Balaban J connectivity index is 1.90. The summed E-state index contributed by atoms with van der Waals surface area (Å²) in [5.41, 5.74) is 2.36. The number of nitrogens with zero attached hydrogens (tertiary/aromatic N) is 2. The summed E-state index contributed by atoms with van der Waals surface area (Å²) in [7, 11) is 1.95. The molecule has 0 aliphatic carbocycles. The molecule has 2 unspecified atom stereocenters. The third-order valence-electron chi connectivity index (χ3n) is 4.50. The van der Waals surface area contributed by atoms with Crippen LogP contribution < -0.4 is 5.32 Å². The second-order valence-corrected chi connectivity index (χ2v) is 6.09. The third kappa shape index (κ3) is 2.50. The molecule has 3 rings (SSSR count). The molecule has 2 aromatic rings. The van der Waals surface area contributed by atoms with E-state index in [-0.39, 0.29) is 0 Å². The van der Waals surface area contributed by atoms with E-state index in [2.05, 4.69) is 48.3 Å². The fourth-order valence-corrected chi connectivity index (χ4v) is 3.12. The lowest BCUT2D eigenvalue weighted by Gasteiger charge is -2.18. The van der Waals surface area contributed by atoms with Gasteiger partial charge in [-0.05, 0) is 24.0 Å². The normalized spacial score (nSPS) is 23.4. The van der Waals surface area contributed by atoms with Crippen molar-refractivity contribution >= 4 is 16.7 Å². The first kappa shape index (κ1) is 13.4. The molecule has 1 aromatic heterocycles. The van der Waals surface area contributed by atoms with E-state index in [1.54, 1.807) is 0 Å². The Morgan fingerprint density at radius 3 is 2.60 bits per heavy atom. The summed E-state index contributed by atoms with van der Waals surface area (Å²) in [6, 6.07) is 10.6. The molecule has 1 saturated heterocycles. The first-order valence-electron chi connectivity index (χ1n) is 7.46. The van der Waals surface area contributed by atoms with E-state index in [1.165, 1.54) is 24.0 Å². The molecule has 2 heterocycles. The number of benzene rings is 1. The summed E-state index contributed by atoms with van der Waals surface area (Å²) in [6.07, 6.45) is 0. The minimum Gasteiger partial charge on any atom is -0.373 e. The molecule has 20 heavy (non-hydrogen) atoms. The summed E-state index contributed by atoms with van der Waals surface area (Å²) < 4.78 is 0. The van der Waals surface area contributed by atoms with Crippen molar-refractivity contribution < 1.29 is 0 Å². The molecule has 3 heteroatoms. The van der Waals surface area contributed by atoms with Gasteiger partial charge >= 0.3 is 0 Å². The molecule has 0 spiro atoms. The van der Waals surface area contributed by atoms with E-state index < -0.39 is 0 Å². The van der Waals surface area contributed by atoms with Gasteiger partial charge in [0.2, 0.25) is 0 Å². The molecule has 1 fully saturated rings. The number of fused-ring (bicyclic) bond motifs is 1. The van der Waals surface area contributed by atoms with Crippen LogP contribution in [0.2, 0.25) is 0 Å². The van der Waals surface area contributed by atoms with Gasteiger partial charge in [-0.25, -0.2) is 4.98 Å². The molecule has 0 radical (unpaired) electrons. The number of anilines is 1. The van der Waals surface area contributed by atoms with Crippen LogP contribution in [0.25, 0.3) is 10.9 Å². The van der Waals surface area contributed by atoms with Crippen LogP contribution in [0.4, 0.5) is 5.82 Å². The second-order valence-electron chi connectivity index (χ2n) is 6.09. The van der Waals surface area contributed by atoms with Gasteiger partial charge in [0.15, 0.2) is 0 Å². The molecule has 0 saturated carbocycles. The maximum Gasteiger partial charge on any atom is 0.130 e. The number of pyridine rings is 1. The average molecular weight is 269 g/mol. The number of para-hydroxylation sites is 1. The highest BCUT2D eigenvalue weighted by molar-refractivity contribution is 5.81. The van der Waals surface area contributed by atoms with E-state index in [0.29, 0.717) is 0 Å². The average Bonchev–Trinajstić information content (AvgIpc) is 2.76. The molecule has 0 amide bonds. The van der Waals surface area contributed by atoms with Crippen molar-refractivity contribution in [2.75, 3.05) is 25.5 Å². The van der Waals surface area contributed by atoms with Crippen molar-refractivity contribution in [1.82, 2.24) is 9.88 Å². The quantitative estimate of drug-likeness (QED) is 0.926. The Bertz CT molecular complexity index is 598. The van der Waals surface area contributed by atoms with E-state index in [1.807, 2.05) is 13.1 Å². The Kier molecular flexibility index (Phi) is 3.62. The molecule has 3 nitrogen and oxygen atoms in total. The number of aromatic nitrogens is 1. The fraction of sp³-hybridized carbons (Fsp3) is 0.471. The van der Waals surface area contributed by atoms with Crippen LogP contribution in [0.15, 0.2) is 30.3 Å². The van der Waals surface area contributed by atoms with Crippen LogP contribution >= 0.6 is 0 Å². The number of hydrogen-bond donors (Lipinski definition) is 1. The molecule has 106 valence electrons. The summed E-state index contributed by atoms with van der Waals surface area (Å²) in [5.74, 6) is 2.60. The van der Waals surface area contributed by atoms with Crippen LogP contribution in [0, 0.1) is 11.8 Å². The maximum absolute atomic E-state index is 4.74. The number of likely N-dealkylation sites (tertiary alicyclic amines) is 1. The first-order valence-corrected chi connectivity index (χ1v) is 7.46. The second kappa shape index (κ2) is 5.41. The highest BCUT2D eigenvalue weighted by Gasteiger charge is 2.26. The predicted molar refractivity (Wildman–Crippen MR) is 84.9 cm³/mol. The largest absolute Gasteiger partial charge is 0.373 e. The van der Waals surface area contributed by atoms with Crippen LogP contribution in [0.1, 0.15) is 19.4 Å². The Hall–Kier alpha value is -1.61. The van der Waals surface area contributed by atoms with Gasteiger partial charge in [-0.1, -0.05) is 32.0 Å². The van der Waals surface area contributed by atoms with Crippen LogP contribution in [0.3, 0.4) is 0 Å². The lowest BCUT2D eigenvalue weighted by Crippen LogP contribution is -2.21. The van der Waals surface area contributed by atoms with E-state index in [0.717, 1.165) is 29.7 Å². The van der Waals surface area contributed by atoms with Crippen molar-refractivity contribution in [3.63, 3.8) is 0 Å². The molecule has 1 aliphatic rings. The fourth-order valence-electron chi connectivity index (χ4n) is 3.12. The molecular formula is C17H23N3. The third-order valence-corrected chi connectivity index (χ3v) is 4.50. The van der Waals surface area contributed by atoms with Gasteiger partial charge in [-0.15, -0.1) is 0 Å². The van der Waals surface area contributed by atoms with Crippen LogP contribution in [-0.2, 0) is 6.54 Å². The van der Waals surface area contributed by atoms with Crippen LogP contribution in [0.5, 0.6) is 0 Å². The van der Waals surface area contributed by atoms with Gasteiger partial charge in [-0.2, -0.15) is 0 Å². The standard InChI is InChI=1S/C17H23N3/c1-12-9-20(10-13(12)2)11-15-8-14-6-4-5-7-16(14)19-17(15)18-3/h4-8,12-13H,9-11H2,1-3H3,(H,18,19). The van der Waals surface area contributed by atoms with Crippen molar-refractivity contribution in [2.45, 2.75) is 20.4 Å². The summed E-state index contributed by atoms with van der Waals surface area (Å²) >= 11 is 0. The van der Waals surface area contributed by atoms with Gasteiger partial charge in [-0.3, -0.25) is 4.90 Å². The molecule has 2 atom stereocenters. The summed E-state index contributed by atoms with van der Waals surface area (Å²) in [4.78, 5) is 7.28. The highest BCUT2D eigenvalue weighted by atomic mass is 15.2. The van der Waals surface area contributed by atoms with Crippen molar-refractivity contribution in [3.05, 3.63) is 35.9 Å². The number of nitrogens with one attached hydrogen (secondary N) is 1. The van der Waals surface area contributed by atoms with E-state index >= 15 is 0 Å². The zero-order valence-electron chi connectivity index (χ0n) is 12.6. The zero-order chi connectivity index (χ0) is 14.1. The topological polar surface area (TPSA) is 28.2 Å². The van der Waals surface area contributed by atoms with Crippen LogP contribution in [-0.4, -0.2) is 30.0 Å². The Morgan fingerprint density at radius 2 is 1.90 bits per heavy atom. The van der Waals surface area contributed by atoms with Crippen molar-refractivity contribution in [3.8, 4) is 0 Å². The predicted octanol–water partition coefficient (Wildman–Crippen LogP) is 3.36. The van der Waals surface area contributed by atoms with Crippen molar-refractivity contribution in [2.24, 2.45) is 11.8 Å². The molecule has 0 bridgehead atoms. The smallest absolute Gasteiger partial charge is 0.130 e. The number of hydrogen-bond acceptors (Lipinski definition) is 3. The number of rotatable bonds is 3. The summed E-state index contributed by atoms with van der Waals surface area (Å²) in [5, 5.41) is 4.47. The van der Waals surface area contributed by atoms with Gasteiger partial charge in [0, 0.05) is 37.6 Å². The first-order chi connectivity index (χ1) is 9.67. The zero-order valence-corrected chi connectivity index (χ0v) is 12.6. The maximum atomic E-state index is 4.74. The van der Waals surface area contributed by atoms with Gasteiger partial charge in [0.05, 0.1) is 5.52 Å². The summed E-state index contributed by atoms with van der Waals surface area (Å²) in [6.45, 7) is 8.07. The van der Waals surface area contributed by atoms with Gasteiger partial charge in [0.25, 0.3) is 0 Å². The highest BCUT2D eigenvalue weighted by Crippen LogP contribution is 2.27. The molecular weight excluding hydrogens is 246 g/mol. The molecule has 1 N–H and O–H groups in total. The van der Waals surface area contributed by atoms with E-state index in [9.17, 15) is 0 Å². The Labute approximate surface area is 121 Å². The van der Waals surface area contributed by atoms with Gasteiger partial charge in [0.1, 0.15) is 5.82 Å². The monoisotopic (exact) mass is 269 g/mol. The minimum atomic E-state index is 0.793. The molecule has 1 aliphatic heterocycles. The van der Waals surface area contributed by atoms with Gasteiger partial charge < -0.3 is 5.32 Å². The van der Waals surface area contributed by atoms with E-state index in [4.69, 9.17) is 4.98 Å². The molecule has 1 aromatic carbocycles. The lowest BCUT2D eigenvalue weighted by molar-refractivity contribution is 0.316. The van der Waals surface area contributed by atoms with Crippen molar-refractivity contribution in [1.29, 1.82) is 0 Å².